The van der Waals surface area contributed by atoms with Crippen molar-refractivity contribution in [2.24, 2.45) is 29.1 Å². The summed E-state index contributed by atoms with van der Waals surface area (Å²) in [4.78, 5) is 133. The van der Waals surface area contributed by atoms with Crippen LogP contribution in [0.2, 0.25) is 0 Å². The predicted octanol–water partition coefficient (Wildman–Crippen LogP) is 5.10. The van der Waals surface area contributed by atoms with Crippen LogP contribution in [0.1, 0.15) is 150 Å². The Kier molecular flexibility index (Phi) is 24.6. The number of imide groups is 1. The summed E-state index contributed by atoms with van der Waals surface area (Å²) >= 11 is 0. The van der Waals surface area contributed by atoms with E-state index >= 15 is 0 Å². The molecule has 0 spiro atoms. The van der Waals surface area contributed by atoms with Gasteiger partial charge in [0.1, 0.15) is 11.8 Å². The maximum atomic E-state index is 14.7. The second-order valence-corrected chi connectivity index (χ2v) is 23.1. The van der Waals surface area contributed by atoms with E-state index in [1.165, 1.54) is 17.2 Å². The van der Waals surface area contributed by atoms with Gasteiger partial charge in [0, 0.05) is 78.2 Å². The van der Waals surface area contributed by atoms with E-state index in [0.29, 0.717) is 77.6 Å². The number of carbonyl (C=O) groups excluding carboxylic acids is 9. The molecule has 20 heteroatoms. The summed E-state index contributed by atoms with van der Waals surface area (Å²) < 4.78 is 12.3. The molecule has 2 saturated heterocycles. The van der Waals surface area contributed by atoms with Crippen molar-refractivity contribution in [1.29, 1.82) is 0 Å². The second kappa shape index (κ2) is 30.3. The molecule has 10 atom stereocenters. The Morgan fingerprint density at radius 1 is 0.810 bits per heavy atom. The van der Waals surface area contributed by atoms with Crippen molar-refractivity contribution in [2.75, 3.05) is 61.1 Å². The zero-order valence-electron chi connectivity index (χ0n) is 49.0. The number of ketones is 1. The summed E-state index contributed by atoms with van der Waals surface area (Å²) in [7, 11) is 6.60. The normalized spacial score (nSPS) is 21.9. The molecule has 440 valence electrons. The first-order chi connectivity index (χ1) is 37.6. The summed E-state index contributed by atoms with van der Waals surface area (Å²) in [6.07, 6.45) is 7.71. The molecule has 4 aliphatic rings. The maximum absolute atomic E-state index is 14.7. The van der Waals surface area contributed by atoms with Gasteiger partial charge in [-0.3, -0.25) is 68.6 Å². The molecule has 1 saturated carbocycles. The highest BCUT2D eigenvalue weighted by Crippen LogP contribution is 2.63. The zero-order chi connectivity index (χ0) is 58.1. The molecule has 79 heavy (non-hydrogen) atoms. The number of hydrazine groups is 1. The molecular formula is C59H92N8O12. The number of amides is 8. The number of methoxy groups -OCH3 is 2. The van der Waals surface area contributed by atoms with Crippen molar-refractivity contribution in [3.63, 3.8) is 0 Å². The quantitative estimate of drug-likeness (QED) is 0.0500. The van der Waals surface area contributed by atoms with Gasteiger partial charge in [0.25, 0.3) is 17.7 Å². The molecule has 3 heterocycles. The minimum absolute atomic E-state index is 0.0343. The molecular weight excluding hydrogens is 1010 g/mol. The number of hydrogen-bond donors (Lipinski definition) is 3. The van der Waals surface area contributed by atoms with Crippen LogP contribution < -0.4 is 16.2 Å². The lowest BCUT2D eigenvalue weighted by atomic mass is 9.84. The van der Waals surface area contributed by atoms with E-state index < -0.39 is 47.7 Å². The lowest BCUT2D eigenvalue weighted by Gasteiger charge is -2.41. The molecule has 0 unspecified atom stereocenters. The summed E-state index contributed by atoms with van der Waals surface area (Å²) in [6, 6.07) is 7.32. The highest BCUT2D eigenvalue weighted by atomic mass is 16.7. The van der Waals surface area contributed by atoms with Gasteiger partial charge in [0.15, 0.2) is 0 Å². The van der Waals surface area contributed by atoms with Crippen molar-refractivity contribution in [3.8, 4) is 0 Å². The lowest BCUT2D eigenvalue weighted by molar-refractivity contribution is -0.203. The van der Waals surface area contributed by atoms with Crippen LogP contribution in [0.3, 0.4) is 0 Å². The number of nitrogens with zero attached hydrogens (tertiary/aromatic N) is 5. The summed E-state index contributed by atoms with van der Waals surface area (Å²) in [5.74, 6) is -3.85. The third-order valence-corrected chi connectivity index (χ3v) is 16.8. The fraction of sp³-hybridized carbons (Fsp3) is 0.712. The number of likely N-dealkylation sites (N-methyl/N-ethyl adjacent to an activating group) is 2. The number of benzene rings is 1. The highest BCUT2D eigenvalue weighted by molar-refractivity contribution is 6.12. The molecule has 3 N–H and O–H groups in total. The van der Waals surface area contributed by atoms with Crippen LogP contribution in [-0.4, -0.2) is 175 Å². The third-order valence-electron chi connectivity index (χ3n) is 16.8. The third kappa shape index (κ3) is 16.8. The number of nitrogens with one attached hydrogen (secondary N) is 3. The smallest absolute Gasteiger partial charge is 0.253 e. The molecule has 0 aromatic heterocycles. The average Bonchev–Trinajstić information content (AvgIpc) is 4.01. The van der Waals surface area contributed by atoms with Gasteiger partial charge >= 0.3 is 0 Å². The molecule has 0 radical (unpaired) electrons. The van der Waals surface area contributed by atoms with Crippen LogP contribution in [-0.2, 0) is 57.5 Å². The van der Waals surface area contributed by atoms with Gasteiger partial charge in [-0.25, -0.2) is 5.06 Å². The molecule has 3 aliphatic heterocycles. The minimum atomic E-state index is -0.922. The Labute approximate surface area is 468 Å². The molecule has 0 bridgehead atoms. The molecule has 1 aromatic rings. The fourth-order valence-electron chi connectivity index (χ4n) is 12.0. The van der Waals surface area contributed by atoms with Crippen molar-refractivity contribution in [2.45, 2.75) is 181 Å². The number of Topliss-reactive ketones (excluding diaryl/α,β-unsaturated/α-hetero) is 1. The standard InChI is InChI=1S/C59H92N8O12/c1-12-40(6)54(64(9)57(75)52(38(2)3)60-56(74)53(39(4)5)63(8)30-22-27-48(70)62-61-47(69)26-17-14-18-31-66-49(71)28-29-50(66)72)46(77-10)35-51(73)65-32-21-25-44(65)55(78-11)41(7)45(68)37-59(58(76)67-33-19-20-34-79-67)36-43(59)42-23-15-13-16-24-42/h13,15-16,23-24,28-29,38-41,43-44,46,52-55H,12,14,17-22,25-27,30-37H2,1-11H3,(H,60,74)(H,61,69)(H,62,70)/t40-,41-,43+,44-,46+,52-,53-,54-,55+,59-/m0/s1. The number of unbranched alkanes of at least 4 members (excludes halogenated alkanes) is 2. The molecule has 8 amide bonds. The second-order valence-electron chi connectivity index (χ2n) is 23.1. The topological polar surface area (TPSA) is 234 Å². The summed E-state index contributed by atoms with van der Waals surface area (Å²) in [5, 5.41) is 4.53. The Hall–Kier alpha value is -5.57. The Morgan fingerprint density at radius 2 is 1.47 bits per heavy atom. The van der Waals surface area contributed by atoms with Gasteiger partial charge in [0.05, 0.1) is 48.8 Å². The number of likely N-dealkylation sites (tertiary alicyclic amines) is 1. The monoisotopic (exact) mass is 1100 g/mol. The molecule has 5 rings (SSSR count). The number of hydrogen-bond acceptors (Lipinski definition) is 13. The average molecular weight is 1110 g/mol. The van der Waals surface area contributed by atoms with Crippen LogP contribution in [0.15, 0.2) is 42.5 Å². The van der Waals surface area contributed by atoms with Gasteiger partial charge in [-0.1, -0.05) is 91.6 Å². The maximum Gasteiger partial charge on any atom is 0.253 e. The van der Waals surface area contributed by atoms with Gasteiger partial charge in [-0.15, -0.1) is 0 Å². The van der Waals surface area contributed by atoms with Crippen LogP contribution >= 0.6 is 0 Å². The van der Waals surface area contributed by atoms with Crippen molar-refractivity contribution in [3.05, 3.63) is 48.0 Å². The minimum Gasteiger partial charge on any atom is -0.379 e. The zero-order valence-corrected chi connectivity index (χ0v) is 49.0. The molecule has 20 nitrogen and oxygen atoms in total. The highest BCUT2D eigenvalue weighted by Gasteiger charge is 2.63. The predicted molar refractivity (Wildman–Crippen MR) is 297 cm³/mol. The number of ether oxygens (including phenoxy) is 2. The number of hydroxylamine groups is 2. The van der Waals surface area contributed by atoms with E-state index in [1.807, 2.05) is 83.7 Å². The Balaban J connectivity index is 1.16. The van der Waals surface area contributed by atoms with E-state index in [0.717, 1.165) is 23.3 Å². The first kappa shape index (κ1) is 64.3. The van der Waals surface area contributed by atoms with Gasteiger partial charge in [-0.2, -0.15) is 0 Å². The number of rotatable bonds is 31. The van der Waals surface area contributed by atoms with Crippen molar-refractivity contribution >= 4 is 53.0 Å². The fourth-order valence-corrected chi connectivity index (χ4v) is 12.0. The lowest BCUT2D eigenvalue weighted by Crippen LogP contribution is -2.60. The van der Waals surface area contributed by atoms with Crippen molar-refractivity contribution in [1.82, 2.24) is 40.8 Å². The Morgan fingerprint density at radius 3 is 2.05 bits per heavy atom. The summed E-state index contributed by atoms with van der Waals surface area (Å²) in [5.41, 5.74) is 4.97. The van der Waals surface area contributed by atoms with E-state index in [9.17, 15) is 43.2 Å². The summed E-state index contributed by atoms with van der Waals surface area (Å²) in [6.45, 7) is 15.5. The molecule has 1 aromatic carbocycles. The van der Waals surface area contributed by atoms with Gasteiger partial charge < -0.3 is 24.6 Å². The van der Waals surface area contributed by atoms with Crippen LogP contribution in [0.4, 0.5) is 0 Å². The number of carbonyl (C=O) groups is 9. The van der Waals surface area contributed by atoms with Crippen LogP contribution in [0, 0.1) is 29.1 Å². The molecule has 1 aliphatic carbocycles. The van der Waals surface area contributed by atoms with E-state index in [2.05, 4.69) is 16.2 Å². The van der Waals surface area contributed by atoms with E-state index in [1.54, 1.807) is 38.1 Å². The van der Waals surface area contributed by atoms with E-state index in [4.69, 9.17) is 14.3 Å². The van der Waals surface area contributed by atoms with E-state index in [-0.39, 0.29) is 109 Å². The van der Waals surface area contributed by atoms with Crippen LogP contribution in [0.25, 0.3) is 0 Å². The van der Waals surface area contributed by atoms with Gasteiger partial charge in [-0.05, 0) is 94.2 Å². The molecule has 3 fully saturated rings. The van der Waals surface area contributed by atoms with Crippen molar-refractivity contribution < 1.29 is 57.5 Å². The Bertz CT molecular complexity index is 2270. The SMILES string of the molecule is CC[C@H](C)[C@@H]([C@@H](CC(=O)N1CCC[C@H]1[C@H](OC)[C@@H](C)C(=O)C[C@@]1(C(=O)N2CCCCO2)C[C@@H]1c1ccccc1)OC)N(C)C(=O)[C@@H](NC(=O)[C@H](C(C)C)N(C)CCCC(=O)NNC(=O)CCCCCN1C(=O)C=CC1=O)C(C)C. The van der Waals surface area contributed by atoms with Crippen LogP contribution in [0.5, 0.6) is 0 Å². The largest absolute Gasteiger partial charge is 0.379 e. The van der Waals surface area contributed by atoms with Gasteiger partial charge in [0.2, 0.25) is 29.5 Å². The first-order valence-electron chi connectivity index (χ1n) is 28.9. The first-order valence-corrected chi connectivity index (χ1v) is 28.9.